The summed E-state index contributed by atoms with van der Waals surface area (Å²) in [7, 11) is 0. The number of rotatable bonds is 4. The largest absolute Gasteiger partial charge is 0.323 e. The molecule has 0 saturated carbocycles. The molecule has 0 radical (unpaired) electrons. The van der Waals surface area contributed by atoms with Crippen molar-refractivity contribution in [3.05, 3.63) is 81.0 Å². The van der Waals surface area contributed by atoms with Crippen molar-refractivity contribution in [2.75, 3.05) is 5.32 Å². The zero-order valence-corrected chi connectivity index (χ0v) is 16.8. The Labute approximate surface area is 175 Å². The highest BCUT2D eigenvalue weighted by Gasteiger charge is 2.14. The van der Waals surface area contributed by atoms with E-state index in [0.29, 0.717) is 26.8 Å². The van der Waals surface area contributed by atoms with Gasteiger partial charge in [-0.2, -0.15) is 5.10 Å². The Morgan fingerprint density at radius 3 is 2.76 bits per heavy atom. The lowest BCUT2D eigenvalue weighted by atomic mass is 10.2. The molecule has 0 spiro atoms. The molecule has 0 fully saturated rings. The minimum Gasteiger partial charge on any atom is -0.323 e. The van der Waals surface area contributed by atoms with E-state index in [0.717, 1.165) is 11.3 Å². The first-order valence-electron chi connectivity index (χ1n) is 8.68. The van der Waals surface area contributed by atoms with Crippen molar-refractivity contribution < 1.29 is 4.79 Å². The van der Waals surface area contributed by atoms with E-state index in [1.807, 2.05) is 31.2 Å². The second-order valence-corrected chi connectivity index (χ2v) is 7.27. The molecule has 29 heavy (non-hydrogen) atoms. The number of hydrogen-bond acceptors (Lipinski definition) is 4. The quantitative estimate of drug-likeness (QED) is 0.536. The smallest absolute Gasteiger partial charge is 0.264 e. The summed E-state index contributed by atoms with van der Waals surface area (Å²) in [6.07, 6.45) is 2.79. The average Bonchev–Trinajstić information content (AvgIpc) is 3.12. The molecule has 4 aromatic rings. The van der Waals surface area contributed by atoms with Crippen LogP contribution in [0.15, 0.2) is 59.8 Å². The van der Waals surface area contributed by atoms with Crippen molar-refractivity contribution in [3.63, 3.8) is 0 Å². The molecule has 0 saturated heterocycles. The van der Waals surface area contributed by atoms with Crippen LogP contribution in [0, 0.1) is 6.92 Å². The third-order valence-corrected chi connectivity index (χ3v) is 4.98. The van der Waals surface area contributed by atoms with Gasteiger partial charge < -0.3 is 5.32 Å². The number of nitrogens with zero attached hydrogens (tertiary/aromatic N) is 4. The number of aromatic nitrogens is 4. The number of fused-ring (bicyclic) bond motifs is 1. The molecular weight excluding hydrogens is 413 g/mol. The van der Waals surface area contributed by atoms with Crippen LogP contribution in [0.25, 0.3) is 16.7 Å². The lowest BCUT2D eigenvalue weighted by Gasteiger charge is -2.10. The molecule has 0 aliphatic carbocycles. The van der Waals surface area contributed by atoms with Crippen molar-refractivity contribution in [2.24, 2.45) is 0 Å². The Morgan fingerprint density at radius 2 is 1.97 bits per heavy atom. The molecule has 2 heterocycles. The number of amides is 1. The first-order chi connectivity index (χ1) is 13.9. The number of carbonyl (C=O) groups excluding carboxylic acids is 1. The Hall–Kier alpha value is -3.16. The molecule has 0 unspecified atom stereocenters. The van der Waals surface area contributed by atoms with E-state index in [1.54, 1.807) is 16.8 Å². The Balaban J connectivity index is 1.63. The summed E-state index contributed by atoms with van der Waals surface area (Å²) < 4.78 is 2.84. The lowest BCUT2D eigenvalue weighted by molar-refractivity contribution is -0.116. The average molecular weight is 428 g/mol. The fourth-order valence-corrected chi connectivity index (χ4v) is 3.31. The van der Waals surface area contributed by atoms with Crippen LogP contribution in [0.3, 0.4) is 0 Å². The molecule has 0 aliphatic rings. The Kier molecular flexibility index (Phi) is 5.08. The standard InChI is InChI=1S/C20H15Cl2N5O2/c1-12-4-2-3-5-17(12)27-19-14(9-24-27)20(29)26(11-23-19)10-18(28)25-16-8-13(21)6-7-15(16)22/h2-9,11H,10H2,1H3,(H,25,28). The summed E-state index contributed by atoms with van der Waals surface area (Å²) in [6, 6.07) is 12.4. The zero-order chi connectivity index (χ0) is 20.5. The minimum absolute atomic E-state index is 0.222. The number of benzene rings is 2. The topological polar surface area (TPSA) is 81.8 Å². The summed E-state index contributed by atoms with van der Waals surface area (Å²) in [5.41, 5.74) is 2.28. The monoisotopic (exact) mass is 427 g/mol. The van der Waals surface area contributed by atoms with Gasteiger partial charge in [-0.1, -0.05) is 41.4 Å². The van der Waals surface area contributed by atoms with Crippen LogP contribution < -0.4 is 10.9 Å². The fourth-order valence-electron chi connectivity index (χ4n) is 2.98. The molecule has 0 atom stereocenters. The summed E-state index contributed by atoms with van der Waals surface area (Å²) in [4.78, 5) is 29.5. The zero-order valence-electron chi connectivity index (χ0n) is 15.3. The van der Waals surface area contributed by atoms with Crippen LogP contribution >= 0.6 is 23.2 Å². The van der Waals surface area contributed by atoms with E-state index < -0.39 is 5.91 Å². The highest BCUT2D eigenvalue weighted by molar-refractivity contribution is 6.35. The molecule has 4 rings (SSSR count). The summed E-state index contributed by atoms with van der Waals surface area (Å²) in [5, 5.41) is 8.07. The van der Waals surface area contributed by atoms with Crippen LogP contribution in [0.1, 0.15) is 5.56 Å². The predicted octanol–water partition coefficient (Wildman–Crippen LogP) is 3.84. The third-order valence-electron chi connectivity index (χ3n) is 4.41. The van der Waals surface area contributed by atoms with Gasteiger partial charge in [-0.25, -0.2) is 9.67 Å². The summed E-state index contributed by atoms with van der Waals surface area (Å²) in [5.74, 6) is -0.427. The van der Waals surface area contributed by atoms with Crippen LogP contribution in [-0.4, -0.2) is 25.2 Å². The number of halogens is 2. The minimum atomic E-state index is -0.427. The maximum Gasteiger partial charge on any atom is 0.264 e. The second-order valence-electron chi connectivity index (χ2n) is 6.43. The second kappa shape index (κ2) is 7.69. The molecule has 146 valence electrons. The molecule has 1 amide bonds. The number of carbonyl (C=O) groups is 1. The Bertz CT molecular complexity index is 1300. The van der Waals surface area contributed by atoms with Crippen molar-refractivity contribution in [1.29, 1.82) is 0 Å². The van der Waals surface area contributed by atoms with Crippen LogP contribution in [0.4, 0.5) is 5.69 Å². The van der Waals surface area contributed by atoms with Crippen LogP contribution in [0.5, 0.6) is 0 Å². The van der Waals surface area contributed by atoms with Crippen LogP contribution in [0.2, 0.25) is 10.0 Å². The molecule has 7 nitrogen and oxygen atoms in total. The number of aryl methyl sites for hydroxylation is 1. The maximum atomic E-state index is 12.8. The SMILES string of the molecule is Cc1ccccc1-n1ncc2c(=O)n(CC(=O)Nc3cc(Cl)ccc3Cl)cnc21. The molecule has 9 heteroatoms. The van der Waals surface area contributed by atoms with Crippen molar-refractivity contribution in [3.8, 4) is 5.69 Å². The van der Waals surface area contributed by atoms with Gasteiger partial charge in [-0.15, -0.1) is 0 Å². The number of anilines is 1. The Morgan fingerprint density at radius 1 is 1.17 bits per heavy atom. The molecular formula is C20H15Cl2N5O2. The van der Waals surface area contributed by atoms with Gasteiger partial charge in [-0.3, -0.25) is 14.2 Å². The number of hydrogen-bond donors (Lipinski definition) is 1. The molecule has 2 aromatic heterocycles. The van der Waals surface area contributed by atoms with E-state index in [4.69, 9.17) is 23.2 Å². The predicted molar refractivity (Wildman–Crippen MR) is 113 cm³/mol. The molecule has 1 N–H and O–H groups in total. The number of para-hydroxylation sites is 1. The van der Waals surface area contributed by atoms with E-state index in [2.05, 4.69) is 15.4 Å². The van der Waals surface area contributed by atoms with Crippen molar-refractivity contribution in [1.82, 2.24) is 19.3 Å². The van der Waals surface area contributed by atoms with Gasteiger partial charge in [0.1, 0.15) is 18.3 Å². The van der Waals surface area contributed by atoms with Gasteiger partial charge in [-0.05, 0) is 36.8 Å². The van der Waals surface area contributed by atoms with Crippen LogP contribution in [-0.2, 0) is 11.3 Å². The first kappa shape index (κ1) is 19.2. The van der Waals surface area contributed by atoms with E-state index in [1.165, 1.54) is 23.2 Å². The normalized spacial score (nSPS) is 11.0. The molecule has 0 bridgehead atoms. The number of nitrogens with one attached hydrogen (secondary N) is 1. The summed E-state index contributed by atoms with van der Waals surface area (Å²) >= 11 is 12.0. The highest BCUT2D eigenvalue weighted by Crippen LogP contribution is 2.25. The van der Waals surface area contributed by atoms with Gasteiger partial charge in [0.05, 0.1) is 22.6 Å². The van der Waals surface area contributed by atoms with E-state index >= 15 is 0 Å². The van der Waals surface area contributed by atoms with Crippen molar-refractivity contribution >= 4 is 45.8 Å². The lowest BCUT2D eigenvalue weighted by Crippen LogP contribution is -2.28. The maximum absolute atomic E-state index is 12.8. The van der Waals surface area contributed by atoms with Gasteiger partial charge >= 0.3 is 0 Å². The molecule has 0 aliphatic heterocycles. The first-order valence-corrected chi connectivity index (χ1v) is 9.44. The van der Waals surface area contributed by atoms with Gasteiger partial charge in [0.15, 0.2) is 5.65 Å². The third kappa shape index (κ3) is 3.74. The van der Waals surface area contributed by atoms with E-state index in [9.17, 15) is 9.59 Å². The molecule has 2 aromatic carbocycles. The van der Waals surface area contributed by atoms with Gasteiger partial charge in [0.2, 0.25) is 5.91 Å². The van der Waals surface area contributed by atoms with Gasteiger partial charge in [0.25, 0.3) is 5.56 Å². The van der Waals surface area contributed by atoms with Crippen molar-refractivity contribution in [2.45, 2.75) is 13.5 Å². The fraction of sp³-hybridized carbons (Fsp3) is 0.100. The van der Waals surface area contributed by atoms with Gasteiger partial charge in [0, 0.05) is 5.02 Å². The van der Waals surface area contributed by atoms with E-state index in [-0.39, 0.29) is 12.1 Å². The summed E-state index contributed by atoms with van der Waals surface area (Å²) in [6.45, 7) is 1.73. The highest BCUT2D eigenvalue weighted by atomic mass is 35.5.